The van der Waals surface area contributed by atoms with Crippen LogP contribution in [0.2, 0.25) is 0 Å². The Morgan fingerprint density at radius 3 is 2.06 bits per heavy atom. The number of terminal acetylenes is 1. The van der Waals surface area contributed by atoms with Crippen molar-refractivity contribution < 1.29 is 2.85 Å². The van der Waals surface area contributed by atoms with E-state index in [0.29, 0.717) is 0 Å². The normalized spacial score (nSPS) is 8.44. The molecule has 0 unspecified atom stereocenters. The third kappa shape index (κ3) is 6.48. The SMILES string of the molecule is C#CC#CC#CC.Cc1ccccc1C(C)(C)C.[HH].[HH]. The summed E-state index contributed by atoms with van der Waals surface area (Å²) in [6, 6.07) is 8.56. The van der Waals surface area contributed by atoms with Crippen LogP contribution in [0.15, 0.2) is 24.3 Å². The first kappa shape index (κ1) is 15.9. The first-order valence-corrected chi connectivity index (χ1v) is 5.87. The molecule has 0 nitrogen and oxygen atoms in total. The Morgan fingerprint density at radius 1 is 1.06 bits per heavy atom. The first-order chi connectivity index (χ1) is 8.43. The van der Waals surface area contributed by atoms with Gasteiger partial charge in [-0.1, -0.05) is 51.0 Å². The van der Waals surface area contributed by atoms with Crippen molar-refractivity contribution in [2.75, 3.05) is 0 Å². The van der Waals surface area contributed by atoms with Crippen LogP contribution in [0.4, 0.5) is 0 Å². The zero-order valence-electron chi connectivity index (χ0n) is 11.9. The molecule has 0 aliphatic rings. The maximum absolute atomic E-state index is 4.78. The van der Waals surface area contributed by atoms with Crippen LogP contribution >= 0.6 is 0 Å². The molecule has 0 heterocycles. The van der Waals surface area contributed by atoms with Crippen molar-refractivity contribution in [1.82, 2.24) is 0 Å². The highest BCUT2D eigenvalue weighted by molar-refractivity contribution is 5.33. The summed E-state index contributed by atoms with van der Waals surface area (Å²) in [5.41, 5.74) is 3.12. The second kappa shape index (κ2) is 8.06. The molecule has 0 aliphatic heterocycles. The molecule has 0 heteroatoms. The van der Waals surface area contributed by atoms with E-state index >= 15 is 0 Å². The molecule has 0 N–H and O–H groups in total. The van der Waals surface area contributed by atoms with Crippen LogP contribution < -0.4 is 0 Å². The van der Waals surface area contributed by atoms with Crippen molar-refractivity contribution in [1.29, 1.82) is 0 Å². The van der Waals surface area contributed by atoms with E-state index in [1.807, 2.05) is 0 Å². The molecule has 0 aliphatic carbocycles. The molecular weight excluding hydrogens is 216 g/mol. The zero-order valence-corrected chi connectivity index (χ0v) is 11.9. The Balaban J connectivity index is -0.000000286. The molecule has 0 aromatic heterocycles. The second-order valence-electron chi connectivity index (χ2n) is 4.83. The van der Waals surface area contributed by atoms with E-state index in [1.54, 1.807) is 6.92 Å². The molecule has 0 spiro atoms. The van der Waals surface area contributed by atoms with Gasteiger partial charge in [0.25, 0.3) is 0 Å². The van der Waals surface area contributed by atoms with E-state index in [-0.39, 0.29) is 8.27 Å². The summed E-state index contributed by atoms with van der Waals surface area (Å²) in [4.78, 5) is 0. The molecule has 0 atom stereocenters. The van der Waals surface area contributed by atoms with Gasteiger partial charge < -0.3 is 0 Å². The van der Waals surface area contributed by atoms with Gasteiger partial charge in [-0.2, -0.15) is 0 Å². The maximum Gasteiger partial charge on any atom is 0 e. The van der Waals surface area contributed by atoms with E-state index in [1.165, 1.54) is 11.1 Å². The van der Waals surface area contributed by atoms with E-state index < -0.39 is 0 Å². The second-order valence-corrected chi connectivity index (χ2v) is 4.83. The lowest BCUT2D eigenvalue weighted by Crippen LogP contribution is -2.12. The van der Waals surface area contributed by atoms with Crippen molar-refractivity contribution in [3.05, 3.63) is 35.4 Å². The molecule has 0 fully saturated rings. The number of hydrogen-bond acceptors (Lipinski definition) is 0. The Labute approximate surface area is 115 Å². The lowest BCUT2D eigenvalue weighted by Gasteiger charge is -2.21. The number of rotatable bonds is 0. The van der Waals surface area contributed by atoms with Crippen LogP contribution in [0.5, 0.6) is 0 Å². The summed E-state index contributed by atoms with van der Waals surface area (Å²) >= 11 is 0. The average Bonchev–Trinajstić information content (AvgIpc) is 2.30. The van der Waals surface area contributed by atoms with Gasteiger partial charge in [0.05, 0.1) is 0 Å². The van der Waals surface area contributed by atoms with Crippen molar-refractivity contribution in [2.24, 2.45) is 0 Å². The fourth-order valence-electron chi connectivity index (χ4n) is 1.54. The Morgan fingerprint density at radius 2 is 1.67 bits per heavy atom. The van der Waals surface area contributed by atoms with Gasteiger partial charge in [0, 0.05) is 2.85 Å². The Bertz CT molecular complexity index is 535. The monoisotopic (exact) mass is 240 g/mol. The van der Waals surface area contributed by atoms with Crippen LogP contribution in [-0.2, 0) is 5.41 Å². The van der Waals surface area contributed by atoms with Crippen molar-refractivity contribution in [3.63, 3.8) is 0 Å². The van der Waals surface area contributed by atoms with Crippen molar-refractivity contribution in [2.45, 2.75) is 40.0 Å². The van der Waals surface area contributed by atoms with Gasteiger partial charge >= 0.3 is 0 Å². The van der Waals surface area contributed by atoms with E-state index in [4.69, 9.17) is 6.42 Å². The summed E-state index contributed by atoms with van der Waals surface area (Å²) in [6.45, 7) is 10.6. The molecule has 0 saturated heterocycles. The van der Waals surface area contributed by atoms with Gasteiger partial charge in [0.15, 0.2) is 0 Å². The summed E-state index contributed by atoms with van der Waals surface area (Å²) in [5.74, 6) is 12.0. The Hall–Kier alpha value is -2.10. The molecule has 0 bridgehead atoms. The van der Waals surface area contributed by atoms with Gasteiger partial charge in [-0.3, -0.25) is 0 Å². The first-order valence-electron chi connectivity index (χ1n) is 5.87. The maximum atomic E-state index is 4.78. The van der Waals surface area contributed by atoms with Gasteiger partial charge in [-0.05, 0) is 54.1 Å². The van der Waals surface area contributed by atoms with Crippen molar-refractivity contribution in [3.8, 4) is 36.0 Å². The summed E-state index contributed by atoms with van der Waals surface area (Å²) in [5, 5.41) is 0. The lowest BCUT2D eigenvalue weighted by molar-refractivity contribution is 0.586. The third-order valence-electron chi connectivity index (χ3n) is 2.28. The predicted octanol–water partition coefficient (Wildman–Crippen LogP) is 4.43. The van der Waals surface area contributed by atoms with Gasteiger partial charge in [0.2, 0.25) is 0 Å². The highest BCUT2D eigenvalue weighted by atomic mass is 14.2. The molecule has 0 radical (unpaired) electrons. The molecule has 96 valence electrons. The minimum absolute atomic E-state index is 0. The van der Waals surface area contributed by atoms with Crippen molar-refractivity contribution >= 4 is 0 Å². The van der Waals surface area contributed by atoms with Crippen LogP contribution in [0.25, 0.3) is 0 Å². The number of hydrogen-bond donors (Lipinski definition) is 0. The minimum Gasteiger partial charge on any atom is -0.106 e. The molecule has 18 heavy (non-hydrogen) atoms. The predicted molar refractivity (Wildman–Crippen MR) is 84.2 cm³/mol. The van der Waals surface area contributed by atoms with Gasteiger partial charge in [0.1, 0.15) is 0 Å². The lowest BCUT2D eigenvalue weighted by atomic mass is 9.84. The summed E-state index contributed by atoms with van der Waals surface area (Å²) < 4.78 is 0. The highest BCUT2D eigenvalue weighted by Crippen LogP contribution is 2.24. The van der Waals surface area contributed by atoms with Crippen LogP contribution in [0.3, 0.4) is 0 Å². The molecular formula is C18H24. The van der Waals surface area contributed by atoms with Gasteiger partial charge in [-0.25, -0.2) is 0 Å². The number of benzene rings is 1. The van der Waals surface area contributed by atoms with E-state index in [0.717, 1.165) is 0 Å². The highest BCUT2D eigenvalue weighted by Gasteiger charge is 2.14. The minimum atomic E-state index is 0. The molecule has 1 aromatic rings. The van der Waals surface area contributed by atoms with Crippen LogP contribution in [0.1, 0.15) is 41.7 Å². The summed E-state index contributed by atoms with van der Waals surface area (Å²) in [7, 11) is 0. The van der Waals surface area contributed by atoms with Crippen LogP contribution in [-0.4, -0.2) is 0 Å². The van der Waals surface area contributed by atoms with E-state index in [9.17, 15) is 0 Å². The Kier molecular flexibility index (Phi) is 7.12. The zero-order chi connectivity index (χ0) is 14.0. The summed E-state index contributed by atoms with van der Waals surface area (Å²) in [6.07, 6.45) is 4.78. The van der Waals surface area contributed by atoms with E-state index in [2.05, 4.69) is 81.6 Å². The average molecular weight is 240 g/mol. The third-order valence-corrected chi connectivity index (χ3v) is 2.28. The molecule has 1 aromatic carbocycles. The molecule has 1 rings (SSSR count). The van der Waals surface area contributed by atoms with Crippen LogP contribution in [0, 0.1) is 42.9 Å². The fourth-order valence-corrected chi connectivity index (χ4v) is 1.54. The van der Waals surface area contributed by atoms with Gasteiger partial charge in [-0.15, -0.1) is 6.42 Å². The fraction of sp³-hybridized carbons (Fsp3) is 0.333. The largest absolute Gasteiger partial charge is 0.106 e. The molecule has 0 amide bonds. The standard InChI is InChI=1S/C11H16.C7H4.2H2/c1-9-7-5-6-8-10(9)11(2,3)4;1-3-5-7-6-4-2;;/h5-8H,1-4H3;1H,2H3;2*1H. The topological polar surface area (TPSA) is 0 Å². The number of aryl methyl sites for hydroxylation is 1. The molecule has 0 saturated carbocycles. The quantitative estimate of drug-likeness (QED) is 0.588. The smallest absolute Gasteiger partial charge is 0 e.